The van der Waals surface area contributed by atoms with Crippen molar-refractivity contribution in [3.8, 4) is 0 Å². The molecule has 4 rings (SSSR count). The summed E-state index contributed by atoms with van der Waals surface area (Å²) >= 11 is 0. The van der Waals surface area contributed by atoms with E-state index in [4.69, 9.17) is 16.5 Å². The number of hydrogen-bond donors (Lipinski definition) is 3. The summed E-state index contributed by atoms with van der Waals surface area (Å²) in [7, 11) is 0. The highest BCUT2D eigenvalue weighted by Gasteiger charge is 2.27. The highest BCUT2D eigenvalue weighted by atomic mass is 19.1. The second-order valence-electron chi connectivity index (χ2n) is 8.24. The summed E-state index contributed by atoms with van der Waals surface area (Å²) in [6.45, 7) is 6.73. The third-order valence-electron chi connectivity index (χ3n) is 5.96. The molecule has 0 aliphatic carbocycles. The predicted molar refractivity (Wildman–Crippen MR) is 122 cm³/mol. The van der Waals surface area contributed by atoms with E-state index in [1.54, 1.807) is 19.9 Å². The first-order valence-corrected chi connectivity index (χ1v) is 10.6. The van der Waals surface area contributed by atoms with E-state index >= 15 is 0 Å². The Bertz CT molecular complexity index is 1160. The molecule has 1 amide bonds. The number of fused-ring (bicyclic) bond motifs is 1. The number of piperidine rings is 1. The molecule has 1 aromatic carbocycles. The summed E-state index contributed by atoms with van der Waals surface area (Å²) in [4.78, 5) is 31.1. The van der Waals surface area contributed by atoms with Gasteiger partial charge in [-0.05, 0) is 51.8 Å². The highest BCUT2D eigenvalue weighted by molar-refractivity contribution is 5.85. The van der Waals surface area contributed by atoms with Gasteiger partial charge in [0.15, 0.2) is 0 Å². The molecule has 168 valence electrons. The molecule has 1 aliphatic heterocycles. The Balaban J connectivity index is 1.75. The van der Waals surface area contributed by atoms with Crippen molar-refractivity contribution in [2.75, 3.05) is 29.0 Å². The van der Waals surface area contributed by atoms with E-state index in [1.807, 2.05) is 13.0 Å². The predicted octanol–water partition coefficient (Wildman–Crippen LogP) is 2.63. The molecular formula is C22H27FN8O. The lowest BCUT2D eigenvalue weighted by atomic mass is 9.95. The fourth-order valence-electron chi connectivity index (χ4n) is 4.15. The van der Waals surface area contributed by atoms with Gasteiger partial charge < -0.3 is 21.7 Å². The average molecular weight is 439 g/mol. The lowest BCUT2D eigenvalue weighted by molar-refractivity contribution is -0.122. The number of primary amides is 1. The molecule has 0 bridgehead atoms. The SMILES string of the molecule is Cc1nc(N)nc(N[C@@H](C)c2cc3ccc(F)c(C)c3nc2N2CCC(C(N)=O)CC2)n1. The molecule has 1 aliphatic rings. The van der Waals surface area contributed by atoms with E-state index in [0.29, 0.717) is 48.8 Å². The Hall–Kier alpha value is -3.56. The summed E-state index contributed by atoms with van der Waals surface area (Å²) in [5, 5.41) is 4.12. The molecule has 1 saturated heterocycles. The van der Waals surface area contributed by atoms with Gasteiger partial charge in [-0.15, -0.1) is 0 Å². The van der Waals surface area contributed by atoms with Crippen molar-refractivity contribution in [2.45, 2.75) is 39.7 Å². The smallest absolute Gasteiger partial charge is 0.228 e. The largest absolute Gasteiger partial charge is 0.369 e. The van der Waals surface area contributed by atoms with Crippen LogP contribution in [0.3, 0.4) is 0 Å². The van der Waals surface area contributed by atoms with Crippen LogP contribution in [0.15, 0.2) is 18.2 Å². The number of aromatic nitrogens is 4. The molecule has 1 atom stereocenters. The number of amides is 1. The van der Waals surface area contributed by atoms with Crippen LogP contribution in [-0.4, -0.2) is 38.9 Å². The van der Waals surface area contributed by atoms with Crippen LogP contribution in [0.5, 0.6) is 0 Å². The molecule has 0 radical (unpaired) electrons. The zero-order valence-electron chi connectivity index (χ0n) is 18.4. The Kier molecular flexibility index (Phi) is 5.77. The number of nitrogens with two attached hydrogens (primary N) is 2. The van der Waals surface area contributed by atoms with Gasteiger partial charge >= 0.3 is 0 Å². The number of pyridine rings is 1. The van der Waals surface area contributed by atoms with Crippen molar-refractivity contribution in [1.82, 2.24) is 19.9 Å². The number of carbonyl (C=O) groups excluding carboxylic acids is 1. The Labute approximate surface area is 185 Å². The van der Waals surface area contributed by atoms with Gasteiger partial charge in [0.1, 0.15) is 17.5 Å². The second-order valence-corrected chi connectivity index (χ2v) is 8.24. The van der Waals surface area contributed by atoms with Crippen LogP contribution < -0.4 is 21.7 Å². The fourth-order valence-corrected chi connectivity index (χ4v) is 4.15. The van der Waals surface area contributed by atoms with Crippen molar-refractivity contribution in [3.63, 3.8) is 0 Å². The van der Waals surface area contributed by atoms with Crippen LogP contribution in [0.4, 0.5) is 22.1 Å². The summed E-state index contributed by atoms with van der Waals surface area (Å²) in [6.07, 6.45) is 1.31. The molecule has 3 aromatic rings. The van der Waals surface area contributed by atoms with Crippen LogP contribution in [0.2, 0.25) is 0 Å². The molecule has 3 heterocycles. The monoisotopic (exact) mass is 438 g/mol. The lowest BCUT2D eigenvalue weighted by Crippen LogP contribution is -2.39. The number of benzene rings is 1. The minimum absolute atomic E-state index is 0.138. The first kappa shape index (κ1) is 21.7. The van der Waals surface area contributed by atoms with Crippen molar-refractivity contribution in [2.24, 2.45) is 11.7 Å². The number of aryl methyl sites for hydroxylation is 2. The number of hydrogen-bond acceptors (Lipinski definition) is 8. The standard InChI is InChI=1S/C22H27FN8O/c1-11-17(23)5-4-15-10-16(12(2)26-22-28-13(3)27-21(25)30-22)20(29-18(11)15)31-8-6-14(7-9-31)19(24)32/h4-5,10,12,14H,6-9H2,1-3H3,(H2,24,32)(H3,25,26,27,28,30)/t12-/m0/s1. The van der Waals surface area contributed by atoms with E-state index in [1.165, 1.54) is 6.07 Å². The summed E-state index contributed by atoms with van der Waals surface area (Å²) < 4.78 is 14.2. The zero-order chi connectivity index (χ0) is 23.0. The average Bonchev–Trinajstić information content (AvgIpc) is 2.75. The molecule has 0 spiro atoms. The van der Waals surface area contributed by atoms with E-state index in [9.17, 15) is 9.18 Å². The van der Waals surface area contributed by atoms with Crippen molar-refractivity contribution >= 4 is 34.5 Å². The molecular weight excluding hydrogens is 411 g/mol. The molecule has 10 heteroatoms. The van der Waals surface area contributed by atoms with Gasteiger partial charge in [-0.2, -0.15) is 15.0 Å². The van der Waals surface area contributed by atoms with Gasteiger partial charge in [0.05, 0.1) is 11.6 Å². The van der Waals surface area contributed by atoms with Gasteiger partial charge in [-0.1, -0.05) is 0 Å². The maximum Gasteiger partial charge on any atom is 0.228 e. The second kappa shape index (κ2) is 8.52. The first-order chi connectivity index (χ1) is 15.2. The summed E-state index contributed by atoms with van der Waals surface area (Å²) in [5.74, 6) is 1.07. The van der Waals surface area contributed by atoms with E-state index < -0.39 is 0 Å². The van der Waals surface area contributed by atoms with Crippen LogP contribution in [-0.2, 0) is 4.79 Å². The topological polar surface area (TPSA) is 136 Å². The lowest BCUT2D eigenvalue weighted by Gasteiger charge is -2.34. The van der Waals surface area contributed by atoms with Gasteiger partial charge in [-0.3, -0.25) is 4.79 Å². The number of nitrogen functional groups attached to an aromatic ring is 1. The Morgan fingerprint density at radius 2 is 1.91 bits per heavy atom. The van der Waals surface area contributed by atoms with Gasteiger partial charge in [0.25, 0.3) is 0 Å². The molecule has 0 saturated carbocycles. The molecule has 5 N–H and O–H groups in total. The number of carbonyl (C=O) groups is 1. The van der Waals surface area contributed by atoms with Crippen LogP contribution in [0.1, 0.15) is 42.8 Å². The van der Waals surface area contributed by atoms with Crippen LogP contribution in [0.25, 0.3) is 10.9 Å². The Morgan fingerprint density at radius 1 is 1.19 bits per heavy atom. The maximum atomic E-state index is 14.2. The van der Waals surface area contributed by atoms with E-state index in [-0.39, 0.29) is 29.6 Å². The van der Waals surface area contributed by atoms with E-state index in [0.717, 1.165) is 16.8 Å². The number of halogens is 1. The van der Waals surface area contributed by atoms with Gasteiger partial charge in [0, 0.05) is 35.5 Å². The Morgan fingerprint density at radius 3 is 2.56 bits per heavy atom. The number of anilines is 3. The number of rotatable bonds is 5. The number of nitrogens with zero attached hydrogens (tertiary/aromatic N) is 5. The molecule has 0 unspecified atom stereocenters. The molecule has 9 nitrogen and oxygen atoms in total. The van der Waals surface area contributed by atoms with Gasteiger partial charge in [0.2, 0.25) is 17.8 Å². The normalized spacial score (nSPS) is 15.7. The minimum atomic E-state index is -0.293. The van der Waals surface area contributed by atoms with E-state index in [2.05, 4.69) is 25.2 Å². The quantitative estimate of drug-likeness (QED) is 0.553. The first-order valence-electron chi connectivity index (χ1n) is 10.6. The molecule has 32 heavy (non-hydrogen) atoms. The molecule has 2 aromatic heterocycles. The summed E-state index contributed by atoms with van der Waals surface area (Å²) in [5.41, 5.74) is 13.3. The summed E-state index contributed by atoms with van der Waals surface area (Å²) in [6, 6.07) is 4.98. The van der Waals surface area contributed by atoms with Crippen LogP contribution >= 0.6 is 0 Å². The highest BCUT2D eigenvalue weighted by Crippen LogP contribution is 2.34. The zero-order valence-corrected chi connectivity index (χ0v) is 18.4. The van der Waals surface area contributed by atoms with Crippen molar-refractivity contribution in [1.29, 1.82) is 0 Å². The third kappa shape index (κ3) is 4.25. The number of nitrogens with one attached hydrogen (secondary N) is 1. The van der Waals surface area contributed by atoms with Crippen LogP contribution in [0, 0.1) is 25.6 Å². The van der Waals surface area contributed by atoms with Crippen molar-refractivity contribution < 1.29 is 9.18 Å². The minimum Gasteiger partial charge on any atom is -0.369 e. The third-order valence-corrected chi connectivity index (χ3v) is 5.96. The maximum absolute atomic E-state index is 14.2. The van der Waals surface area contributed by atoms with Gasteiger partial charge in [-0.25, -0.2) is 9.37 Å². The fraction of sp³-hybridized carbons (Fsp3) is 0.409. The van der Waals surface area contributed by atoms with Crippen molar-refractivity contribution in [3.05, 3.63) is 41.0 Å². The molecule has 1 fully saturated rings.